The number of nitrogens with one attached hydrogen (secondary N) is 1. The van der Waals surface area contributed by atoms with Crippen molar-refractivity contribution in [1.29, 1.82) is 0 Å². The first-order valence-electron chi connectivity index (χ1n) is 11.3. The van der Waals surface area contributed by atoms with Gasteiger partial charge in [0.2, 0.25) is 0 Å². The highest BCUT2D eigenvalue weighted by atomic mass is 19.1. The van der Waals surface area contributed by atoms with Crippen LogP contribution >= 0.6 is 0 Å². The van der Waals surface area contributed by atoms with Gasteiger partial charge in [0.1, 0.15) is 11.5 Å². The molecule has 0 saturated carbocycles. The van der Waals surface area contributed by atoms with E-state index in [1.807, 2.05) is 30.3 Å². The van der Waals surface area contributed by atoms with Gasteiger partial charge in [0.15, 0.2) is 5.82 Å². The summed E-state index contributed by atoms with van der Waals surface area (Å²) in [5, 5.41) is 3.12. The molecule has 2 aromatic heterocycles. The molecule has 6 nitrogen and oxygen atoms in total. The molecule has 0 aliphatic carbocycles. The molecule has 0 atom stereocenters. The summed E-state index contributed by atoms with van der Waals surface area (Å²) < 4.78 is 13.5. The summed E-state index contributed by atoms with van der Waals surface area (Å²) in [5.41, 5.74) is 3.70. The molecule has 3 heterocycles. The number of anilines is 1. The minimum atomic E-state index is -0.315. The van der Waals surface area contributed by atoms with Gasteiger partial charge in [-0.15, -0.1) is 0 Å². The number of hydrogen-bond acceptors (Lipinski definition) is 5. The van der Waals surface area contributed by atoms with E-state index in [-0.39, 0.29) is 17.8 Å². The number of amides is 1. The summed E-state index contributed by atoms with van der Waals surface area (Å²) in [6.45, 7) is 1.56. The molecule has 0 bridgehead atoms. The topological polar surface area (TPSA) is 71.0 Å². The highest BCUT2D eigenvalue weighted by Gasteiger charge is 2.24. The van der Waals surface area contributed by atoms with Crippen LogP contribution < -0.4 is 10.2 Å². The Kier molecular flexibility index (Phi) is 6.25. The lowest BCUT2D eigenvalue weighted by Gasteiger charge is -2.33. The zero-order valence-electron chi connectivity index (χ0n) is 18.6. The maximum absolute atomic E-state index is 13.5. The van der Waals surface area contributed by atoms with Crippen molar-refractivity contribution in [3.05, 3.63) is 96.7 Å². The second-order valence-electron chi connectivity index (χ2n) is 8.27. The molecule has 170 valence electrons. The van der Waals surface area contributed by atoms with E-state index in [9.17, 15) is 9.18 Å². The van der Waals surface area contributed by atoms with Crippen molar-refractivity contribution >= 4 is 11.7 Å². The van der Waals surface area contributed by atoms with Gasteiger partial charge in [0.05, 0.1) is 11.3 Å². The van der Waals surface area contributed by atoms with Crippen LogP contribution in [0.5, 0.6) is 0 Å². The van der Waals surface area contributed by atoms with Crippen LogP contribution in [-0.2, 0) is 0 Å². The van der Waals surface area contributed by atoms with E-state index in [0.717, 1.165) is 43.0 Å². The van der Waals surface area contributed by atoms with Gasteiger partial charge in [-0.1, -0.05) is 42.5 Å². The fourth-order valence-electron chi connectivity index (χ4n) is 4.21. The first-order chi connectivity index (χ1) is 16.7. The summed E-state index contributed by atoms with van der Waals surface area (Å²) in [6, 6.07) is 19.8. The fraction of sp³-hybridized carbons (Fsp3) is 0.185. The quantitative estimate of drug-likeness (QED) is 0.473. The molecular weight excluding hydrogens is 429 g/mol. The average molecular weight is 454 g/mol. The van der Waals surface area contributed by atoms with Crippen LogP contribution in [0, 0.1) is 5.82 Å². The molecule has 1 N–H and O–H groups in total. The average Bonchev–Trinajstić information content (AvgIpc) is 2.90. The van der Waals surface area contributed by atoms with E-state index < -0.39 is 0 Å². The van der Waals surface area contributed by atoms with Crippen molar-refractivity contribution in [1.82, 2.24) is 20.3 Å². The molecule has 5 rings (SSSR count). The van der Waals surface area contributed by atoms with Crippen LogP contribution in [0.2, 0.25) is 0 Å². The van der Waals surface area contributed by atoms with Crippen LogP contribution in [0.4, 0.5) is 10.2 Å². The zero-order chi connectivity index (χ0) is 23.3. The molecule has 0 spiro atoms. The molecule has 1 saturated heterocycles. The SMILES string of the molecule is O=C(NC1CCN(c2nccnc2-c2ccccc2)CC1)c1ccc(-c2cccc(F)c2)nc1. The largest absolute Gasteiger partial charge is 0.355 e. The number of rotatable bonds is 5. The highest BCUT2D eigenvalue weighted by molar-refractivity contribution is 5.94. The van der Waals surface area contributed by atoms with Crippen molar-refractivity contribution in [3.63, 3.8) is 0 Å². The van der Waals surface area contributed by atoms with Gasteiger partial charge in [0.25, 0.3) is 5.91 Å². The van der Waals surface area contributed by atoms with Gasteiger partial charge in [-0.05, 0) is 37.1 Å². The van der Waals surface area contributed by atoms with Crippen LogP contribution in [0.1, 0.15) is 23.2 Å². The first-order valence-corrected chi connectivity index (χ1v) is 11.3. The van der Waals surface area contributed by atoms with E-state index in [0.29, 0.717) is 16.8 Å². The lowest BCUT2D eigenvalue weighted by Crippen LogP contribution is -2.45. The van der Waals surface area contributed by atoms with Gasteiger partial charge >= 0.3 is 0 Å². The zero-order valence-corrected chi connectivity index (χ0v) is 18.6. The van der Waals surface area contributed by atoms with Crippen LogP contribution in [0.15, 0.2) is 85.3 Å². The Bertz CT molecular complexity index is 1270. The Hall–Kier alpha value is -4.13. The van der Waals surface area contributed by atoms with Gasteiger partial charge in [-0.3, -0.25) is 14.8 Å². The van der Waals surface area contributed by atoms with Gasteiger partial charge in [0, 0.05) is 48.8 Å². The lowest BCUT2D eigenvalue weighted by molar-refractivity contribution is 0.0930. The number of benzene rings is 2. The fourth-order valence-corrected chi connectivity index (χ4v) is 4.21. The molecule has 0 unspecified atom stereocenters. The Labute approximate surface area is 197 Å². The maximum atomic E-state index is 13.5. The normalized spacial score (nSPS) is 14.1. The molecule has 7 heteroatoms. The Morgan fingerprint density at radius 1 is 0.882 bits per heavy atom. The predicted octanol–water partition coefficient (Wildman–Crippen LogP) is 4.74. The maximum Gasteiger partial charge on any atom is 0.253 e. The highest BCUT2D eigenvalue weighted by Crippen LogP contribution is 2.28. The van der Waals surface area contributed by atoms with Gasteiger partial charge < -0.3 is 10.2 Å². The number of nitrogens with zero attached hydrogens (tertiary/aromatic N) is 4. The first kappa shape index (κ1) is 21.7. The van der Waals surface area contributed by atoms with Crippen molar-refractivity contribution < 1.29 is 9.18 Å². The number of carbonyl (C=O) groups is 1. The number of pyridine rings is 1. The molecule has 2 aromatic carbocycles. The molecule has 4 aromatic rings. The summed E-state index contributed by atoms with van der Waals surface area (Å²) in [6.07, 6.45) is 6.59. The van der Waals surface area contributed by atoms with Crippen LogP contribution in [0.3, 0.4) is 0 Å². The molecule has 1 aliphatic heterocycles. The number of carbonyl (C=O) groups excluding carboxylic acids is 1. The second kappa shape index (κ2) is 9.79. The van der Waals surface area contributed by atoms with Crippen LogP contribution in [-0.4, -0.2) is 40.0 Å². The number of piperidine rings is 1. The van der Waals surface area contributed by atoms with Crippen molar-refractivity contribution in [2.75, 3.05) is 18.0 Å². The summed E-state index contributed by atoms with van der Waals surface area (Å²) in [7, 11) is 0. The van der Waals surface area contributed by atoms with Gasteiger partial charge in [-0.25, -0.2) is 9.37 Å². The summed E-state index contributed by atoms with van der Waals surface area (Å²) in [4.78, 5) is 28.5. The predicted molar refractivity (Wildman–Crippen MR) is 130 cm³/mol. The molecular formula is C27H24FN5O. The van der Waals surface area contributed by atoms with E-state index in [1.54, 1.807) is 36.7 Å². The van der Waals surface area contributed by atoms with E-state index >= 15 is 0 Å². The number of halogens is 1. The Morgan fingerprint density at radius 2 is 1.65 bits per heavy atom. The molecule has 1 fully saturated rings. The van der Waals surface area contributed by atoms with Crippen molar-refractivity contribution in [3.8, 4) is 22.5 Å². The Balaban J connectivity index is 1.21. The minimum Gasteiger partial charge on any atom is -0.355 e. The summed E-state index contributed by atoms with van der Waals surface area (Å²) >= 11 is 0. The molecule has 1 amide bonds. The van der Waals surface area contributed by atoms with Gasteiger partial charge in [-0.2, -0.15) is 0 Å². The van der Waals surface area contributed by atoms with Crippen molar-refractivity contribution in [2.45, 2.75) is 18.9 Å². The van der Waals surface area contributed by atoms with E-state index in [4.69, 9.17) is 0 Å². The monoisotopic (exact) mass is 453 g/mol. The lowest BCUT2D eigenvalue weighted by atomic mass is 10.0. The number of hydrogen-bond donors (Lipinski definition) is 1. The van der Waals surface area contributed by atoms with E-state index in [1.165, 1.54) is 18.3 Å². The molecule has 34 heavy (non-hydrogen) atoms. The Morgan fingerprint density at radius 3 is 2.38 bits per heavy atom. The van der Waals surface area contributed by atoms with Crippen molar-refractivity contribution in [2.24, 2.45) is 0 Å². The minimum absolute atomic E-state index is 0.0727. The second-order valence-corrected chi connectivity index (χ2v) is 8.27. The summed E-state index contributed by atoms with van der Waals surface area (Å²) in [5.74, 6) is 0.404. The van der Waals surface area contributed by atoms with E-state index in [2.05, 4.69) is 25.2 Å². The molecule has 1 aliphatic rings. The third-order valence-electron chi connectivity index (χ3n) is 6.00. The third kappa shape index (κ3) is 4.78. The number of aromatic nitrogens is 3. The van der Waals surface area contributed by atoms with Crippen LogP contribution in [0.25, 0.3) is 22.5 Å². The third-order valence-corrected chi connectivity index (χ3v) is 6.00. The smallest absolute Gasteiger partial charge is 0.253 e. The standard InChI is InChI=1S/C27H24FN5O/c28-22-8-4-7-20(17-22)24-10-9-21(18-31-24)27(34)32-23-11-15-33(16-12-23)26-25(29-13-14-30-26)19-5-2-1-3-6-19/h1-10,13-14,17-18,23H,11-12,15-16H2,(H,32,34). The molecule has 0 radical (unpaired) electrons.